The van der Waals surface area contributed by atoms with Gasteiger partial charge in [0.15, 0.2) is 15.6 Å². The summed E-state index contributed by atoms with van der Waals surface area (Å²) in [6, 6.07) is 38.4. The molecule has 35 heteroatoms. The molecule has 0 spiro atoms. The number of anilines is 4. The number of likely N-dealkylation sites (tertiary alicyclic amines) is 2. The van der Waals surface area contributed by atoms with Crippen molar-refractivity contribution < 1.29 is 27.5 Å². The third-order valence-electron chi connectivity index (χ3n) is 27.0. The number of imidazole rings is 4. The maximum atomic E-state index is 12.8. The largest absolute Gasteiger partial charge is 0.496 e. The van der Waals surface area contributed by atoms with Gasteiger partial charge in [0.1, 0.15) is 103 Å². The van der Waals surface area contributed by atoms with E-state index in [2.05, 4.69) is 124 Å². The number of aromatic amines is 3. The molecule has 0 bridgehead atoms. The molecule has 13 N–H and O–H groups in total. The smallest absolute Gasteiger partial charge is 0.254 e. The van der Waals surface area contributed by atoms with Crippen molar-refractivity contribution in [3.63, 3.8) is 0 Å². The summed E-state index contributed by atoms with van der Waals surface area (Å²) in [4.78, 5) is 90.0. The molecule has 4 aromatic carbocycles. The first-order valence-electron chi connectivity index (χ1n) is 44.7. The summed E-state index contributed by atoms with van der Waals surface area (Å²) < 4.78 is 39.7. The van der Waals surface area contributed by atoms with Gasteiger partial charge in [0.25, 0.3) is 11.8 Å². The second kappa shape index (κ2) is 36.2. The number of hydrogen-bond donors (Lipinski definition) is 9. The number of thiophene rings is 2. The van der Waals surface area contributed by atoms with Crippen LogP contribution in [0.4, 0.5) is 23.3 Å². The first-order chi connectivity index (χ1) is 64.2. The number of H-pyrrole nitrogens is 3. The van der Waals surface area contributed by atoms with E-state index in [-0.39, 0.29) is 52.8 Å². The Labute approximate surface area is 772 Å². The summed E-state index contributed by atoms with van der Waals surface area (Å²) in [6.45, 7) is 7.36. The molecule has 5 aliphatic rings. The predicted octanol–water partition coefficient (Wildman–Crippen LogP) is 17.0. The summed E-state index contributed by atoms with van der Waals surface area (Å²) in [5.41, 5.74) is 49.5. The Morgan fingerprint density at radius 2 is 0.977 bits per heavy atom. The van der Waals surface area contributed by atoms with Gasteiger partial charge in [0.2, 0.25) is 0 Å². The third kappa shape index (κ3) is 16.4. The number of aromatic nitrogens is 16. The van der Waals surface area contributed by atoms with E-state index >= 15 is 0 Å². The van der Waals surface area contributed by atoms with Gasteiger partial charge in [-0.05, 0) is 167 Å². The zero-order valence-electron chi connectivity index (χ0n) is 73.3. The average Bonchev–Trinajstić information content (AvgIpc) is 1.61. The highest BCUT2D eigenvalue weighted by molar-refractivity contribution is 7.92. The fourth-order valence-electron chi connectivity index (χ4n) is 20.0. The Kier molecular flexibility index (Phi) is 23.6. The number of halogens is 1. The molecule has 23 rings (SSSR count). The van der Waals surface area contributed by atoms with Gasteiger partial charge >= 0.3 is 0 Å². The number of aryl methyl sites for hydroxylation is 2. The number of nitrogens with two attached hydrogens (primary N) is 4. The van der Waals surface area contributed by atoms with Crippen LogP contribution in [0.1, 0.15) is 157 Å². The van der Waals surface area contributed by atoms with Crippen molar-refractivity contribution in [3.8, 4) is 51.3 Å². The molecule has 674 valence electrons. The maximum Gasteiger partial charge on any atom is 0.254 e. The van der Waals surface area contributed by atoms with E-state index in [0.717, 1.165) is 230 Å². The lowest BCUT2D eigenvalue weighted by atomic mass is 9.79. The maximum absolute atomic E-state index is 12.8. The van der Waals surface area contributed by atoms with E-state index in [1.54, 1.807) is 61.5 Å². The van der Waals surface area contributed by atoms with E-state index in [1.165, 1.54) is 16.7 Å². The molecule has 132 heavy (non-hydrogen) atoms. The Morgan fingerprint density at radius 3 is 1.48 bits per heavy atom. The fraction of sp³-hybridized carbons (Fsp3) is 0.299. The predicted molar refractivity (Wildman–Crippen MR) is 521 cm³/mol. The molecule has 2 saturated carbocycles. The van der Waals surface area contributed by atoms with Crippen LogP contribution in [-0.2, 0) is 21.7 Å². The topological polar surface area (TPSA) is 415 Å². The lowest BCUT2D eigenvalue weighted by Crippen LogP contribution is -2.38. The minimum Gasteiger partial charge on any atom is -0.496 e. The normalized spacial score (nSPS) is 17.5. The van der Waals surface area contributed by atoms with Crippen molar-refractivity contribution in [1.29, 1.82) is 0 Å². The number of hydrogen-bond acceptors (Lipinski definition) is 23. The lowest BCUT2D eigenvalue weighted by molar-refractivity contribution is -0.121. The van der Waals surface area contributed by atoms with Gasteiger partial charge in [0, 0.05) is 167 Å². The van der Waals surface area contributed by atoms with Crippen LogP contribution in [0.2, 0.25) is 5.02 Å². The zero-order valence-corrected chi connectivity index (χ0v) is 76.5. The number of fused-ring (bicyclic) bond motifs is 8. The molecule has 0 atom stereocenters. The van der Waals surface area contributed by atoms with E-state index < -0.39 is 9.84 Å². The van der Waals surface area contributed by atoms with Crippen LogP contribution in [0.25, 0.3) is 111 Å². The fourth-order valence-corrected chi connectivity index (χ4v) is 22.4. The Bertz CT molecular complexity index is 7520. The van der Waals surface area contributed by atoms with Gasteiger partial charge in [0.05, 0.1) is 69.3 Å². The van der Waals surface area contributed by atoms with Gasteiger partial charge in [-0.2, -0.15) is 27.8 Å². The van der Waals surface area contributed by atoms with Gasteiger partial charge in [-0.15, -0.1) is 0 Å². The first-order valence-corrected chi connectivity index (χ1v) is 48.8. The Morgan fingerprint density at radius 1 is 0.515 bits per heavy atom. The molecule has 3 aliphatic heterocycles. The van der Waals surface area contributed by atoms with Crippen molar-refractivity contribution in [2.75, 3.05) is 74.3 Å². The first kappa shape index (κ1) is 86.3. The van der Waals surface area contributed by atoms with Crippen molar-refractivity contribution >= 4 is 156 Å². The zero-order chi connectivity index (χ0) is 90.7. The van der Waals surface area contributed by atoms with Crippen LogP contribution in [0, 0.1) is 18.8 Å². The highest BCUT2D eigenvalue weighted by atomic mass is 35.5. The van der Waals surface area contributed by atoms with E-state index in [0.29, 0.717) is 66.1 Å². The average molecular weight is 1840 g/mol. The molecule has 4 fully saturated rings. The minimum absolute atomic E-state index is 0.000138. The molecule has 31 nitrogen and oxygen atoms in total. The number of benzene rings is 4. The standard InChI is InChI=1S/C26H26N6O2S.C25H24N6OS.C24H27N5O3S.C22H23ClN8/c1-30-19-4-3-5-21(34-2)18(19)14-20(30)22-23-24(27)28-9-12-32(23)25(29-22)16-6-10-31(11-7-16)26(33)17-8-13-35-15-17;1-15-3-2-4-19-18(15)13-20(28-19)21-22-23(26)27-8-11-31(22)24(29-21)16-5-9-30(10-6-16)25(32)17-7-12-33-14-17;1-2-33(31,32)14-20(30)15-7-9-16(10-8-15)24-28-21(22-23(25)26-11-12-29(22)24)19-13-17-5-3-4-6-18(17)27-19;23-15-3-1-2-14-10-16(27-18(14)15)19-20-21(24)25-8-9-31(20)22(28-19)13-6-4-12(5-7-13)17-11-26-30-29-17/h3-5,8-9,12-16H,6-7,10-11H2,1-2H3,(H2,27,28);2-4,7-8,11-14,16,28H,5-6,9-10H2,1H3,(H2,26,27);3-6,11-13,15-16,27H,2,7-10,14H2,1H3,(H2,25,26);1-3,8-10,12-13,26-27,30H,4-7,11H2,(H2,24,25). The number of nitrogens with zero attached hydrogens (tertiary/aromatic N) is 16. The number of nitrogens with one attached hydrogen (secondary N) is 5. The molecule has 17 heterocycles. The number of ether oxygens (including phenoxy) is 1. The molecule has 0 unspecified atom stereocenters. The van der Waals surface area contributed by atoms with Crippen molar-refractivity contribution in [2.45, 2.75) is 115 Å². The molecular weight excluding hydrogens is 1740 g/mol. The quantitative estimate of drug-likeness (QED) is 0.0434. The summed E-state index contributed by atoms with van der Waals surface area (Å²) >= 11 is 9.49. The lowest BCUT2D eigenvalue weighted by Gasteiger charge is -2.31. The van der Waals surface area contributed by atoms with Crippen LogP contribution in [0.3, 0.4) is 0 Å². The van der Waals surface area contributed by atoms with Crippen LogP contribution < -0.4 is 38.6 Å². The van der Waals surface area contributed by atoms with E-state index in [1.807, 2.05) is 134 Å². The number of amides is 2. The van der Waals surface area contributed by atoms with Crippen molar-refractivity contribution in [3.05, 3.63) is 231 Å². The highest BCUT2D eigenvalue weighted by Crippen LogP contribution is 2.45. The summed E-state index contributed by atoms with van der Waals surface area (Å²) in [6.07, 6.45) is 25.3. The minimum atomic E-state index is -3.30. The number of piperidine rings is 2. The molecule has 0 radical (unpaired) electrons. The number of sulfone groups is 1. The van der Waals surface area contributed by atoms with Gasteiger partial charge in [-0.1, -0.05) is 67.1 Å². The van der Waals surface area contributed by atoms with Gasteiger partial charge in [-0.3, -0.25) is 32.0 Å². The van der Waals surface area contributed by atoms with Crippen molar-refractivity contribution in [2.24, 2.45) is 24.0 Å². The molecule has 2 saturated heterocycles. The number of Topliss-reactive ketones (excluding diaryl/α,β-unsaturated/α-hetero) is 1. The number of hydrazone groups is 1. The molecule has 2 aliphatic carbocycles. The third-order valence-corrected chi connectivity index (χ3v) is 30.3. The number of carbonyl (C=O) groups is 3. The number of para-hydroxylation sites is 2. The van der Waals surface area contributed by atoms with Gasteiger partial charge < -0.3 is 57.0 Å². The summed E-state index contributed by atoms with van der Waals surface area (Å²) in [7, 11) is 0.418. The Hall–Kier alpha value is -13.8. The monoisotopic (exact) mass is 1840 g/mol. The molecule has 14 aromatic heterocycles. The summed E-state index contributed by atoms with van der Waals surface area (Å²) in [5, 5.41) is 17.1. The number of rotatable bonds is 16. The number of ketones is 1. The highest BCUT2D eigenvalue weighted by Gasteiger charge is 2.37. The number of methoxy groups -OCH3 is 1. The molecular formula is C97H100ClN25O6S3. The number of nitrogen functional groups attached to an aromatic ring is 4. The molecule has 2 amide bonds. The SMILES string of the molecule is CCS(=O)(=O)CC(=O)C1CCC(c2nc(-c3cc4ccccc4[nH]3)c3c(N)nccn23)CC1.COc1cccc2c1cc(-c1nc(C3CCN(C(=O)c4ccsc4)CC3)n3ccnc(N)c13)n2C.Cc1cccc2[nH]c(-c3nc(C4CCN(C(=O)c5ccsc5)CC4)n4ccnc(N)c34)cc12.Nc1nccn2c(C3CCC(C4=NNNC4)CC3)nc(-c3cc4cccc(Cl)c4[nH]3)c12. The van der Waals surface area contributed by atoms with Crippen LogP contribution in [-0.4, -0.2) is 170 Å². The molecule has 18 aromatic rings. The second-order valence-electron chi connectivity index (χ2n) is 34.7. The van der Waals surface area contributed by atoms with Crippen molar-refractivity contribution in [1.82, 2.24) is 97.8 Å². The van der Waals surface area contributed by atoms with Crippen LogP contribution in [0.15, 0.2) is 191 Å². The van der Waals surface area contributed by atoms with Gasteiger partial charge in [-0.25, -0.2) is 59.3 Å². The van der Waals surface area contributed by atoms with Crippen LogP contribution in [0.5, 0.6) is 5.75 Å². The second-order valence-corrected chi connectivity index (χ2v) is 39.0. The Balaban J connectivity index is 0.000000110. The van der Waals surface area contributed by atoms with Crippen LogP contribution >= 0.6 is 34.3 Å². The van der Waals surface area contributed by atoms with E-state index in [4.69, 9.17) is 59.2 Å². The number of carbonyl (C=O) groups excluding carboxylic acids is 3. The van der Waals surface area contributed by atoms with E-state index in [9.17, 15) is 22.8 Å². The summed E-state index contributed by atoms with van der Waals surface area (Å²) in [5.74, 6) is 7.56. The number of hydrazine groups is 1.